The standard InChI is InChI=1S/C9H17NO/c1-7(10)9-4-2-8(6-11)3-5-9/h6-9H,2-5,10H2,1H3/t7-,8?,9?/m0/s1. The molecule has 0 aliphatic heterocycles. The van der Waals surface area contributed by atoms with Crippen LogP contribution in [0.4, 0.5) is 0 Å². The Bertz CT molecular complexity index is 126. The Labute approximate surface area is 68.2 Å². The zero-order valence-corrected chi connectivity index (χ0v) is 7.12. The highest BCUT2D eigenvalue weighted by Gasteiger charge is 2.22. The molecule has 0 radical (unpaired) electrons. The van der Waals surface area contributed by atoms with Gasteiger partial charge in [0.25, 0.3) is 0 Å². The Morgan fingerprint density at radius 1 is 1.36 bits per heavy atom. The van der Waals surface area contributed by atoms with Crippen LogP contribution in [0.1, 0.15) is 32.6 Å². The van der Waals surface area contributed by atoms with Crippen molar-refractivity contribution >= 4 is 6.29 Å². The second-order valence-electron chi connectivity index (χ2n) is 3.67. The molecule has 0 heterocycles. The van der Waals surface area contributed by atoms with E-state index in [1.54, 1.807) is 0 Å². The highest BCUT2D eigenvalue weighted by molar-refractivity contribution is 5.53. The lowest BCUT2D eigenvalue weighted by atomic mass is 9.80. The molecule has 0 aromatic carbocycles. The highest BCUT2D eigenvalue weighted by Crippen LogP contribution is 2.28. The van der Waals surface area contributed by atoms with Crippen LogP contribution in [0.3, 0.4) is 0 Å². The first-order valence-corrected chi connectivity index (χ1v) is 4.45. The van der Waals surface area contributed by atoms with E-state index < -0.39 is 0 Å². The average Bonchev–Trinajstić information content (AvgIpc) is 2.05. The van der Waals surface area contributed by atoms with Crippen molar-refractivity contribution in [3.63, 3.8) is 0 Å². The van der Waals surface area contributed by atoms with Crippen molar-refractivity contribution in [2.45, 2.75) is 38.6 Å². The van der Waals surface area contributed by atoms with Crippen molar-refractivity contribution in [2.24, 2.45) is 17.6 Å². The smallest absolute Gasteiger partial charge is 0.123 e. The maximum atomic E-state index is 10.4. The summed E-state index contributed by atoms with van der Waals surface area (Å²) in [7, 11) is 0. The molecule has 0 amide bonds. The summed E-state index contributed by atoms with van der Waals surface area (Å²) in [6.07, 6.45) is 5.48. The van der Waals surface area contributed by atoms with Gasteiger partial charge in [-0.1, -0.05) is 0 Å². The molecule has 1 fully saturated rings. The molecular formula is C9H17NO. The highest BCUT2D eigenvalue weighted by atomic mass is 16.1. The monoisotopic (exact) mass is 155 g/mol. The van der Waals surface area contributed by atoms with Crippen molar-refractivity contribution in [1.29, 1.82) is 0 Å². The van der Waals surface area contributed by atoms with E-state index in [1.165, 1.54) is 0 Å². The molecule has 0 spiro atoms. The van der Waals surface area contributed by atoms with Gasteiger partial charge in [-0.3, -0.25) is 0 Å². The van der Waals surface area contributed by atoms with E-state index in [2.05, 4.69) is 6.92 Å². The molecule has 2 nitrogen and oxygen atoms in total. The van der Waals surface area contributed by atoms with Crippen molar-refractivity contribution in [1.82, 2.24) is 0 Å². The topological polar surface area (TPSA) is 43.1 Å². The third kappa shape index (κ3) is 2.29. The van der Waals surface area contributed by atoms with Gasteiger partial charge < -0.3 is 10.5 Å². The first kappa shape index (κ1) is 8.72. The molecular weight excluding hydrogens is 138 g/mol. The molecule has 2 heteroatoms. The summed E-state index contributed by atoms with van der Waals surface area (Å²) in [5.41, 5.74) is 5.77. The SMILES string of the molecule is C[C@H](N)C1CCC(C=O)CC1. The Balaban J connectivity index is 2.29. The van der Waals surface area contributed by atoms with E-state index in [4.69, 9.17) is 5.73 Å². The first-order chi connectivity index (χ1) is 5.24. The van der Waals surface area contributed by atoms with E-state index >= 15 is 0 Å². The number of rotatable bonds is 2. The second-order valence-corrected chi connectivity index (χ2v) is 3.67. The van der Waals surface area contributed by atoms with Gasteiger partial charge in [-0.25, -0.2) is 0 Å². The molecule has 1 saturated carbocycles. The zero-order chi connectivity index (χ0) is 8.27. The van der Waals surface area contributed by atoms with Gasteiger partial charge in [-0.2, -0.15) is 0 Å². The molecule has 1 atom stereocenters. The lowest BCUT2D eigenvalue weighted by Crippen LogP contribution is -2.30. The number of carbonyl (C=O) groups is 1. The van der Waals surface area contributed by atoms with Gasteiger partial charge in [0.05, 0.1) is 0 Å². The average molecular weight is 155 g/mol. The summed E-state index contributed by atoms with van der Waals surface area (Å²) >= 11 is 0. The fraction of sp³-hybridized carbons (Fsp3) is 0.889. The van der Waals surface area contributed by atoms with Crippen LogP contribution < -0.4 is 5.73 Å². The summed E-state index contributed by atoms with van der Waals surface area (Å²) in [5.74, 6) is 0.983. The van der Waals surface area contributed by atoms with Gasteiger partial charge in [0.2, 0.25) is 0 Å². The number of carbonyl (C=O) groups excluding carboxylic acids is 1. The minimum atomic E-state index is 0.308. The van der Waals surface area contributed by atoms with Crippen LogP contribution in [0.2, 0.25) is 0 Å². The van der Waals surface area contributed by atoms with Crippen LogP contribution >= 0.6 is 0 Å². The summed E-state index contributed by atoms with van der Waals surface area (Å²) in [6, 6.07) is 0.308. The van der Waals surface area contributed by atoms with Crippen molar-refractivity contribution in [3.05, 3.63) is 0 Å². The minimum Gasteiger partial charge on any atom is -0.328 e. The van der Waals surface area contributed by atoms with Crippen LogP contribution in [0.5, 0.6) is 0 Å². The molecule has 2 N–H and O–H groups in total. The third-order valence-electron chi connectivity index (χ3n) is 2.75. The third-order valence-corrected chi connectivity index (χ3v) is 2.75. The lowest BCUT2D eigenvalue weighted by Gasteiger charge is -2.27. The molecule has 0 unspecified atom stereocenters. The second kappa shape index (κ2) is 3.86. The number of nitrogens with two attached hydrogens (primary N) is 1. The molecule has 1 aliphatic carbocycles. The largest absolute Gasteiger partial charge is 0.328 e. The van der Waals surface area contributed by atoms with Crippen LogP contribution in [-0.4, -0.2) is 12.3 Å². The van der Waals surface area contributed by atoms with E-state index in [9.17, 15) is 4.79 Å². The Kier molecular flexibility index (Phi) is 3.06. The molecule has 0 aromatic rings. The maximum absolute atomic E-state index is 10.4. The quantitative estimate of drug-likeness (QED) is 0.611. The normalized spacial score (nSPS) is 34.7. The number of hydrogen-bond donors (Lipinski definition) is 1. The van der Waals surface area contributed by atoms with Gasteiger partial charge in [0, 0.05) is 12.0 Å². The van der Waals surface area contributed by atoms with E-state index in [-0.39, 0.29) is 0 Å². The number of aldehydes is 1. The summed E-state index contributed by atoms with van der Waals surface area (Å²) in [5, 5.41) is 0. The first-order valence-electron chi connectivity index (χ1n) is 4.45. The molecule has 0 aromatic heterocycles. The van der Waals surface area contributed by atoms with E-state index in [0.717, 1.165) is 32.0 Å². The van der Waals surface area contributed by atoms with Gasteiger partial charge in [-0.05, 0) is 38.5 Å². The summed E-state index contributed by atoms with van der Waals surface area (Å²) in [4.78, 5) is 10.4. The maximum Gasteiger partial charge on any atom is 0.123 e. The van der Waals surface area contributed by atoms with Crippen LogP contribution in [0, 0.1) is 11.8 Å². The predicted octanol–water partition coefficient (Wildman–Crippen LogP) is 1.34. The van der Waals surface area contributed by atoms with Crippen LogP contribution in [0.25, 0.3) is 0 Å². The van der Waals surface area contributed by atoms with Crippen LogP contribution in [0.15, 0.2) is 0 Å². The molecule has 0 bridgehead atoms. The Morgan fingerprint density at radius 3 is 2.27 bits per heavy atom. The fourth-order valence-corrected chi connectivity index (χ4v) is 1.81. The molecule has 0 saturated heterocycles. The predicted molar refractivity (Wildman–Crippen MR) is 45.2 cm³/mol. The van der Waals surface area contributed by atoms with E-state index in [0.29, 0.717) is 17.9 Å². The molecule has 1 aliphatic rings. The minimum absolute atomic E-state index is 0.308. The van der Waals surface area contributed by atoms with Gasteiger partial charge in [-0.15, -0.1) is 0 Å². The lowest BCUT2D eigenvalue weighted by molar-refractivity contribution is -0.112. The van der Waals surface area contributed by atoms with Gasteiger partial charge in [0.1, 0.15) is 6.29 Å². The fourth-order valence-electron chi connectivity index (χ4n) is 1.81. The zero-order valence-electron chi connectivity index (χ0n) is 7.12. The molecule has 64 valence electrons. The summed E-state index contributed by atoms with van der Waals surface area (Å²) in [6.45, 7) is 2.06. The number of hydrogen-bond acceptors (Lipinski definition) is 2. The Morgan fingerprint density at radius 2 is 1.91 bits per heavy atom. The van der Waals surface area contributed by atoms with Gasteiger partial charge >= 0.3 is 0 Å². The van der Waals surface area contributed by atoms with Gasteiger partial charge in [0.15, 0.2) is 0 Å². The van der Waals surface area contributed by atoms with E-state index in [1.807, 2.05) is 0 Å². The van der Waals surface area contributed by atoms with Crippen LogP contribution in [-0.2, 0) is 4.79 Å². The molecule has 1 rings (SSSR count). The van der Waals surface area contributed by atoms with Crippen molar-refractivity contribution < 1.29 is 4.79 Å². The van der Waals surface area contributed by atoms with Crippen molar-refractivity contribution in [2.75, 3.05) is 0 Å². The Hall–Kier alpha value is -0.370. The van der Waals surface area contributed by atoms with Crippen molar-refractivity contribution in [3.8, 4) is 0 Å². The summed E-state index contributed by atoms with van der Waals surface area (Å²) < 4.78 is 0. The molecule has 11 heavy (non-hydrogen) atoms.